The number of amides is 1. The van der Waals surface area contributed by atoms with Gasteiger partial charge in [0.25, 0.3) is 11.6 Å². The van der Waals surface area contributed by atoms with Crippen molar-refractivity contribution in [3.05, 3.63) is 63.3 Å². The largest absolute Gasteiger partial charge is 0.470 e. The minimum Gasteiger partial charge on any atom is -0.470 e. The molecule has 0 bridgehead atoms. The predicted octanol–water partition coefficient (Wildman–Crippen LogP) is 3.22. The molecule has 0 N–H and O–H groups in total. The topological polar surface area (TPSA) is 85.6 Å². The Bertz CT molecular complexity index is 895. The van der Waals surface area contributed by atoms with Crippen molar-refractivity contribution in [1.82, 2.24) is 9.88 Å². The molecule has 1 aliphatic heterocycles. The van der Waals surface area contributed by atoms with E-state index < -0.39 is 34.6 Å². The van der Waals surface area contributed by atoms with Crippen LogP contribution in [-0.4, -0.2) is 39.9 Å². The molecule has 1 aliphatic rings. The second kappa shape index (κ2) is 6.86. The average molecular weight is 381 g/mol. The van der Waals surface area contributed by atoms with E-state index in [4.69, 9.17) is 4.74 Å². The molecule has 1 fully saturated rings. The van der Waals surface area contributed by atoms with Gasteiger partial charge in [0.1, 0.15) is 11.7 Å². The van der Waals surface area contributed by atoms with Gasteiger partial charge in [-0.1, -0.05) is 6.07 Å². The first-order valence-electron chi connectivity index (χ1n) is 7.90. The molecule has 0 unspecified atom stereocenters. The van der Waals surface area contributed by atoms with Gasteiger partial charge in [0, 0.05) is 23.4 Å². The summed E-state index contributed by atoms with van der Waals surface area (Å²) >= 11 is 0. The third kappa shape index (κ3) is 3.69. The number of likely N-dealkylation sites (tertiary alicyclic amines) is 1. The van der Waals surface area contributed by atoms with Crippen molar-refractivity contribution in [2.75, 3.05) is 13.1 Å². The highest BCUT2D eigenvalue weighted by Gasteiger charge is 2.39. The van der Waals surface area contributed by atoms with Gasteiger partial charge < -0.3 is 9.64 Å². The van der Waals surface area contributed by atoms with Crippen LogP contribution in [0.4, 0.5) is 18.9 Å². The molecule has 1 aromatic heterocycles. The van der Waals surface area contributed by atoms with Crippen LogP contribution in [0.1, 0.15) is 21.5 Å². The number of rotatable bonds is 4. The van der Waals surface area contributed by atoms with Crippen LogP contribution < -0.4 is 4.74 Å². The molecule has 0 spiro atoms. The van der Waals surface area contributed by atoms with Crippen LogP contribution in [0.5, 0.6) is 5.88 Å². The lowest BCUT2D eigenvalue weighted by Gasteiger charge is -2.39. The number of benzene rings is 1. The Kier molecular flexibility index (Phi) is 4.73. The first-order chi connectivity index (χ1) is 12.7. The molecule has 0 atom stereocenters. The number of hydrogen-bond donors (Lipinski definition) is 0. The Balaban J connectivity index is 1.68. The Morgan fingerprint density at radius 3 is 2.63 bits per heavy atom. The molecule has 0 radical (unpaired) electrons. The molecule has 1 aromatic carbocycles. The third-order valence-electron chi connectivity index (χ3n) is 4.22. The molecule has 10 heteroatoms. The number of nitro benzene ring substituents is 1. The smallest absolute Gasteiger partial charge is 0.421 e. The summed E-state index contributed by atoms with van der Waals surface area (Å²) in [5.41, 5.74) is -0.737. The van der Waals surface area contributed by atoms with Crippen LogP contribution in [0.3, 0.4) is 0 Å². The number of nitrogens with zero attached hydrogens (tertiary/aromatic N) is 3. The number of carbonyl (C=O) groups excluding carboxylic acids is 1. The first-order valence-corrected chi connectivity index (χ1v) is 7.90. The second-order valence-electron chi connectivity index (χ2n) is 6.01. The molecule has 7 nitrogen and oxygen atoms in total. The van der Waals surface area contributed by atoms with E-state index >= 15 is 0 Å². The summed E-state index contributed by atoms with van der Waals surface area (Å²) in [4.78, 5) is 27.9. The zero-order valence-corrected chi connectivity index (χ0v) is 14.1. The lowest BCUT2D eigenvalue weighted by Crippen LogP contribution is -2.56. The van der Waals surface area contributed by atoms with Crippen molar-refractivity contribution in [1.29, 1.82) is 0 Å². The highest BCUT2D eigenvalue weighted by molar-refractivity contribution is 5.97. The van der Waals surface area contributed by atoms with Crippen molar-refractivity contribution in [2.24, 2.45) is 0 Å². The van der Waals surface area contributed by atoms with Crippen LogP contribution in [0.15, 0.2) is 36.5 Å². The number of alkyl halides is 3. The minimum atomic E-state index is -4.59. The summed E-state index contributed by atoms with van der Waals surface area (Å²) in [6.45, 7) is 1.60. The number of nitro groups is 1. The normalized spacial score (nSPS) is 14.6. The SMILES string of the molecule is Cc1c(C(=O)N2CC(Oc3ncccc3C(F)(F)F)C2)cccc1[N+](=O)[O-]. The number of carbonyl (C=O) groups is 1. The predicted molar refractivity (Wildman–Crippen MR) is 87.4 cm³/mol. The standard InChI is InChI=1S/C17H14F3N3O4/c1-10-12(4-2-6-14(10)23(25)26)16(24)22-8-11(9-22)27-15-13(17(18,19)20)5-3-7-21-15/h2-7,11H,8-9H2,1H3. The van der Waals surface area contributed by atoms with Gasteiger partial charge in [-0.2, -0.15) is 13.2 Å². The third-order valence-corrected chi connectivity index (χ3v) is 4.22. The maximum atomic E-state index is 13.0. The van der Waals surface area contributed by atoms with E-state index in [0.717, 1.165) is 12.1 Å². The fourth-order valence-corrected chi connectivity index (χ4v) is 2.76. The Labute approximate surface area is 151 Å². The maximum absolute atomic E-state index is 13.0. The zero-order chi connectivity index (χ0) is 19.8. The second-order valence-corrected chi connectivity index (χ2v) is 6.01. The van der Waals surface area contributed by atoms with Crippen LogP contribution in [0.2, 0.25) is 0 Å². The molecule has 2 heterocycles. The van der Waals surface area contributed by atoms with E-state index in [-0.39, 0.29) is 29.9 Å². The van der Waals surface area contributed by atoms with Gasteiger partial charge >= 0.3 is 6.18 Å². The summed E-state index contributed by atoms with van der Waals surface area (Å²) in [5.74, 6) is -0.971. The van der Waals surface area contributed by atoms with Crippen molar-refractivity contribution < 1.29 is 27.6 Å². The van der Waals surface area contributed by atoms with Crippen molar-refractivity contribution >= 4 is 11.6 Å². The Hall–Kier alpha value is -3.17. The Morgan fingerprint density at radius 1 is 1.30 bits per heavy atom. The van der Waals surface area contributed by atoms with Crippen molar-refractivity contribution in [3.63, 3.8) is 0 Å². The number of hydrogen-bond acceptors (Lipinski definition) is 5. The molecular weight excluding hydrogens is 367 g/mol. The minimum absolute atomic E-state index is 0.0643. The fourth-order valence-electron chi connectivity index (χ4n) is 2.76. The molecule has 142 valence electrons. The Morgan fingerprint density at radius 2 is 2.00 bits per heavy atom. The highest BCUT2D eigenvalue weighted by atomic mass is 19.4. The van der Waals surface area contributed by atoms with Crippen LogP contribution in [0, 0.1) is 17.0 Å². The van der Waals surface area contributed by atoms with Gasteiger partial charge in [-0.3, -0.25) is 14.9 Å². The lowest BCUT2D eigenvalue weighted by atomic mass is 10.0. The maximum Gasteiger partial charge on any atom is 0.421 e. The van der Waals surface area contributed by atoms with Gasteiger partial charge in [0.2, 0.25) is 5.88 Å². The number of ether oxygens (including phenoxy) is 1. The molecule has 1 amide bonds. The van der Waals surface area contributed by atoms with Gasteiger partial charge in [-0.25, -0.2) is 4.98 Å². The quantitative estimate of drug-likeness (QED) is 0.600. The molecular formula is C17H14F3N3O4. The van der Waals surface area contributed by atoms with Crippen LogP contribution in [-0.2, 0) is 6.18 Å². The van der Waals surface area contributed by atoms with E-state index in [9.17, 15) is 28.1 Å². The molecule has 0 saturated carbocycles. The summed E-state index contributed by atoms with van der Waals surface area (Å²) in [5, 5.41) is 11.0. The summed E-state index contributed by atoms with van der Waals surface area (Å²) in [6.07, 6.45) is -4.04. The van der Waals surface area contributed by atoms with Crippen LogP contribution in [0.25, 0.3) is 0 Å². The average Bonchev–Trinajstić information content (AvgIpc) is 2.56. The summed E-state index contributed by atoms with van der Waals surface area (Å²) in [7, 11) is 0. The monoisotopic (exact) mass is 381 g/mol. The van der Waals surface area contributed by atoms with Gasteiger partial charge in [-0.05, 0) is 25.1 Å². The summed E-state index contributed by atoms with van der Waals surface area (Å²) in [6, 6.07) is 6.22. The van der Waals surface area contributed by atoms with Gasteiger partial charge in [0.05, 0.1) is 18.0 Å². The van der Waals surface area contributed by atoms with E-state index in [0.29, 0.717) is 0 Å². The van der Waals surface area contributed by atoms with E-state index in [1.807, 2.05) is 0 Å². The number of pyridine rings is 1. The lowest BCUT2D eigenvalue weighted by molar-refractivity contribution is -0.385. The first kappa shape index (κ1) is 18.6. The number of aromatic nitrogens is 1. The molecule has 3 rings (SSSR count). The van der Waals surface area contributed by atoms with Gasteiger partial charge in [0.15, 0.2) is 0 Å². The molecule has 2 aromatic rings. The van der Waals surface area contributed by atoms with E-state index in [2.05, 4.69) is 4.98 Å². The highest BCUT2D eigenvalue weighted by Crippen LogP contribution is 2.35. The fraction of sp³-hybridized carbons (Fsp3) is 0.294. The summed E-state index contributed by atoms with van der Waals surface area (Å²) < 4.78 is 44.1. The van der Waals surface area contributed by atoms with E-state index in [1.54, 1.807) is 0 Å². The van der Waals surface area contributed by atoms with E-state index in [1.165, 1.54) is 36.2 Å². The van der Waals surface area contributed by atoms with Crippen molar-refractivity contribution in [3.8, 4) is 5.88 Å². The zero-order valence-electron chi connectivity index (χ0n) is 14.1. The molecule has 1 saturated heterocycles. The molecule has 0 aliphatic carbocycles. The van der Waals surface area contributed by atoms with Gasteiger partial charge in [-0.15, -0.1) is 0 Å². The number of halogens is 3. The van der Waals surface area contributed by atoms with Crippen molar-refractivity contribution in [2.45, 2.75) is 19.2 Å². The molecule has 27 heavy (non-hydrogen) atoms. The van der Waals surface area contributed by atoms with Crippen LogP contribution >= 0.6 is 0 Å².